The van der Waals surface area contributed by atoms with Gasteiger partial charge in [0.2, 0.25) is 0 Å². The fourth-order valence-corrected chi connectivity index (χ4v) is 2.03. The molecule has 130 valence electrons. The Labute approximate surface area is 139 Å². The second-order valence-electron chi connectivity index (χ2n) is 4.93. The van der Waals surface area contributed by atoms with Crippen LogP contribution in [0, 0.1) is 0 Å². The molecule has 0 spiro atoms. The van der Waals surface area contributed by atoms with E-state index in [0.717, 1.165) is 0 Å². The average Bonchev–Trinajstić information content (AvgIpc) is 3.03. The summed E-state index contributed by atoms with van der Waals surface area (Å²) in [7, 11) is 0. The van der Waals surface area contributed by atoms with E-state index < -0.39 is 12.0 Å². The van der Waals surface area contributed by atoms with Gasteiger partial charge in [-0.2, -0.15) is 17.7 Å². The van der Waals surface area contributed by atoms with Crippen LogP contribution in [0.4, 0.5) is 19.0 Å². The molecule has 0 aliphatic rings. The summed E-state index contributed by atoms with van der Waals surface area (Å²) in [5.74, 6) is -1.29. The number of hydrogen-bond donors (Lipinski definition) is 2. The summed E-state index contributed by atoms with van der Waals surface area (Å²) in [5, 5.41) is 15.8. The normalized spacial score (nSPS) is 11.5. The fourth-order valence-electron chi connectivity index (χ4n) is 2.03. The molecule has 3 aromatic heterocycles. The number of pyridine rings is 1. The first-order chi connectivity index (χ1) is 11.9. The first-order valence-electron chi connectivity index (χ1n) is 7.17. The van der Waals surface area contributed by atoms with Crippen LogP contribution in [-0.2, 0) is 6.18 Å². The molecule has 0 bridgehead atoms. The van der Waals surface area contributed by atoms with Crippen molar-refractivity contribution in [3.05, 3.63) is 48.0 Å². The van der Waals surface area contributed by atoms with E-state index in [2.05, 4.69) is 30.9 Å². The molecule has 0 radical (unpaired) electrons. The summed E-state index contributed by atoms with van der Waals surface area (Å²) in [4.78, 5) is 15.7. The number of anilines is 1. The molecular weight excluding hydrogens is 339 g/mol. The summed E-state index contributed by atoms with van der Waals surface area (Å²) >= 11 is 0. The Morgan fingerprint density at radius 3 is 2.72 bits per heavy atom. The number of carbonyl (C=O) groups excluding carboxylic acids is 1. The van der Waals surface area contributed by atoms with Crippen LogP contribution in [0.3, 0.4) is 0 Å². The van der Waals surface area contributed by atoms with Gasteiger partial charge in [0, 0.05) is 25.5 Å². The van der Waals surface area contributed by atoms with Crippen LogP contribution in [-0.4, -0.2) is 43.8 Å². The molecule has 0 aliphatic heterocycles. The molecule has 0 saturated carbocycles. The second-order valence-corrected chi connectivity index (χ2v) is 4.93. The van der Waals surface area contributed by atoms with E-state index in [0.29, 0.717) is 10.1 Å². The van der Waals surface area contributed by atoms with Crippen molar-refractivity contribution in [2.24, 2.45) is 0 Å². The molecule has 0 saturated heterocycles. The van der Waals surface area contributed by atoms with E-state index in [1.54, 1.807) is 18.3 Å². The lowest BCUT2D eigenvalue weighted by Gasteiger charge is -2.08. The molecule has 25 heavy (non-hydrogen) atoms. The van der Waals surface area contributed by atoms with Gasteiger partial charge in [-0.1, -0.05) is 0 Å². The van der Waals surface area contributed by atoms with Crippen LogP contribution in [0.25, 0.3) is 5.65 Å². The number of rotatable bonds is 5. The highest BCUT2D eigenvalue weighted by atomic mass is 19.4. The monoisotopic (exact) mass is 351 g/mol. The zero-order valence-electron chi connectivity index (χ0n) is 12.7. The Bertz CT molecular complexity index is 879. The lowest BCUT2D eigenvalue weighted by Crippen LogP contribution is -2.29. The summed E-state index contributed by atoms with van der Waals surface area (Å²) in [6.07, 6.45) is -1.66. The molecule has 1 amide bonds. The molecule has 0 unspecified atom stereocenters. The minimum Gasteiger partial charge on any atom is -0.367 e. The van der Waals surface area contributed by atoms with E-state index in [-0.39, 0.29) is 30.5 Å². The Morgan fingerprint density at radius 2 is 2.00 bits per heavy atom. The molecule has 0 aliphatic carbocycles. The van der Waals surface area contributed by atoms with E-state index in [1.165, 1.54) is 18.3 Å². The van der Waals surface area contributed by atoms with Gasteiger partial charge in [-0.3, -0.25) is 9.78 Å². The Hall–Kier alpha value is -3.24. The van der Waals surface area contributed by atoms with Crippen LogP contribution in [0.1, 0.15) is 16.2 Å². The predicted molar refractivity (Wildman–Crippen MR) is 80.8 cm³/mol. The number of halogens is 3. The van der Waals surface area contributed by atoms with Gasteiger partial charge in [0.05, 0.1) is 5.56 Å². The molecule has 3 aromatic rings. The van der Waals surface area contributed by atoms with Gasteiger partial charge in [-0.25, -0.2) is 0 Å². The Morgan fingerprint density at radius 1 is 1.16 bits per heavy atom. The molecule has 3 heterocycles. The third-order valence-electron chi connectivity index (χ3n) is 3.16. The zero-order chi connectivity index (χ0) is 17.9. The minimum absolute atomic E-state index is 0.0113. The van der Waals surface area contributed by atoms with Gasteiger partial charge in [0.15, 0.2) is 5.65 Å². The van der Waals surface area contributed by atoms with Crippen molar-refractivity contribution in [2.75, 3.05) is 18.4 Å². The molecule has 3 rings (SSSR count). The number of aromatic nitrogens is 5. The van der Waals surface area contributed by atoms with Crippen LogP contribution >= 0.6 is 0 Å². The zero-order valence-corrected chi connectivity index (χ0v) is 12.7. The lowest BCUT2D eigenvalue weighted by atomic mass is 10.3. The van der Waals surface area contributed by atoms with Gasteiger partial charge in [0.1, 0.15) is 5.82 Å². The number of alkyl halides is 3. The maximum absolute atomic E-state index is 12.8. The lowest BCUT2D eigenvalue weighted by molar-refractivity contribution is -0.146. The van der Waals surface area contributed by atoms with Gasteiger partial charge in [-0.05, 0) is 24.3 Å². The van der Waals surface area contributed by atoms with Crippen molar-refractivity contribution in [1.82, 2.24) is 30.1 Å². The van der Waals surface area contributed by atoms with Crippen molar-refractivity contribution < 1.29 is 18.0 Å². The molecule has 2 N–H and O–H groups in total. The minimum atomic E-state index is -4.65. The molecule has 11 heteroatoms. The summed E-state index contributed by atoms with van der Waals surface area (Å²) < 4.78 is 39.0. The van der Waals surface area contributed by atoms with Crippen molar-refractivity contribution >= 4 is 17.4 Å². The highest BCUT2D eigenvalue weighted by molar-refractivity contribution is 5.93. The maximum Gasteiger partial charge on any atom is 0.453 e. The quantitative estimate of drug-likeness (QED) is 0.674. The van der Waals surface area contributed by atoms with E-state index in [4.69, 9.17) is 0 Å². The van der Waals surface area contributed by atoms with Gasteiger partial charge in [-0.15, -0.1) is 15.3 Å². The van der Waals surface area contributed by atoms with E-state index >= 15 is 0 Å². The van der Waals surface area contributed by atoms with Crippen LogP contribution in [0.5, 0.6) is 0 Å². The molecule has 0 fully saturated rings. The Balaban J connectivity index is 1.59. The average molecular weight is 351 g/mol. The van der Waals surface area contributed by atoms with Gasteiger partial charge in [0.25, 0.3) is 11.7 Å². The predicted octanol–water partition coefficient (Wildman–Crippen LogP) is 1.38. The van der Waals surface area contributed by atoms with Crippen molar-refractivity contribution in [3.8, 4) is 0 Å². The van der Waals surface area contributed by atoms with Crippen LogP contribution < -0.4 is 10.6 Å². The number of nitrogens with one attached hydrogen (secondary N) is 2. The van der Waals surface area contributed by atoms with Crippen molar-refractivity contribution in [2.45, 2.75) is 6.18 Å². The topological polar surface area (TPSA) is 97.1 Å². The molecule has 8 nitrogen and oxygen atoms in total. The number of carbonyl (C=O) groups is 1. The number of hydrogen-bond acceptors (Lipinski definition) is 6. The third kappa shape index (κ3) is 3.82. The second kappa shape index (κ2) is 6.71. The standard InChI is InChI=1S/C14H12F3N7O/c15-14(16,17)13-22-21-11-4-3-10(23-24(11)13)19-6-7-20-12(25)9-2-1-5-18-8-9/h1-5,8H,6-7H2,(H,19,23)(H,20,25). The van der Waals surface area contributed by atoms with E-state index in [1.807, 2.05) is 0 Å². The number of nitrogens with zero attached hydrogens (tertiary/aromatic N) is 5. The Kier molecular flexibility index (Phi) is 4.46. The highest BCUT2D eigenvalue weighted by Gasteiger charge is 2.37. The summed E-state index contributed by atoms with van der Waals surface area (Å²) in [6, 6.07) is 6.11. The molecular formula is C14H12F3N7O. The largest absolute Gasteiger partial charge is 0.453 e. The number of fused-ring (bicyclic) bond motifs is 1. The molecule has 0 aromatic carbocycles. The van der Waals surface area contributed by atoms with E-state index in [9.17, 15) is 18.0 Å². The van der Waals surface area contributed by atoms with Gasteiger partial charge >= 0.3 is 6.18 Å². The number of amides is 1. The fraction of sp³-hybridized carbons (Fsp3) is 0.214. The first kappa shape index (κ1) is 16.6. The summed E-state index contributed by atoms with van der Waals surface area (Å²) in [6.45, 7) is 0.524. The maximum atomic E-state index is 12.8. The third-order valence-corrected chi connectivity index (χ3v) is 3.16. The highest BCUT2D eigenvalue weighted by Crippen LogP contribution is 2.27. The first-order valence-corrected chi connectivity index (χ1v) is 7.17. The SMILES string of the molecule is O=C(NCCNc1ccc2nnc(C(F)(F)F)n2n1)c1cccnc1. The molecule has 0 atom stereocenters. The van der Waals surface area contributed by atoms with Crippen LogP contribution in [0.2, 0.25) is 0 Å². The van der Waals surface area contributed by atoms with Gasteiger partial charge < -0.3 is 10.6 Å². The van der Waals surface area contributed by atoms with Crippen molar-refractivity contribution in [1.29, 1.82) is 0 Å². The van der Waals surface area contributed by atoms with Crippen molar-refractivity contribution in [3.63, 3.8) is 0 Å². The smallest absolute Gasteiger partial charge is 0.367 e. The van der Waals surface area contributed by atoms with Crippen LogP contribution in [0.15, 0.2) is 36.7 Å². The summed E-state index contributed by atoms with van der Waals surface area (Å²) in [5.41, 5.74) is 0.407.